The molecule has 0 aromatic rings. The third-order valence-electron chi connectivity index (χ3n) is 3.40. The Kier molecular flexibility index (Phi) is 4.43. The average Bonchev–Trinajstić information content (AvgIpc) is 2.18. The van der Waals surface area contributed by atoms with E-state index in [1.165, 1.54) is 25.7 Å². The Morgan fingerprint density at radius 2 is 1.86 bits per heavy atom. The molecule has 0 aromatic carbocycles. The summed E-state index contributed by atoms with van der Waals surface area (Å²) in [7, 11) is 0. The summed E-state index contributed by atoms with van der Waals surface area (Å²) in [4.78, 5) is 11.2. The topological polar surface area (TPSA) is 29.1 Å². The number of carbonyl (C=O) groups is 1. The van der Waals surface area contributed by atoms with Crippen LogP contribution in [0.4, 0.5) is 0 Å². The number of hydrogen-bond donors (Lipinski definition) is 1. The van der Waals surface area contributed by atoms with E-state index in [1.807, 2.05) is 6.92 Å². The van der Waals surface area contributed by atoms with Crippen molar-refractivity contribution in [1.82, 2.24) is 5.32 Å². The van der Waals surface area contributed by atoms with Gasteiger partial charge in [0.1, 0.15) is 0 Å². The van der Waals surface area contributed by atoms with Crippen molar-refractivity contribution in [3.8, 4) is 0 Å². The van der Waals surface area contributed by atoms with Crippen molar-refractivity contribution in [3.05, 3.63) is 0 Å². The first-order chi connectivity index (χ1) is 6.63. The Bertz CT molecular complexity index is 181. The molecule has 0 heterocycles. The molecule has 0 atom stereocenters. The summed E-state index contributed by atoms with van der Waals surface area (Å²) in [6, 6.07) is 0.456. The standard InChI is InChI=1S/C12H23NO/c1-4-12(14)13-11-7-5-10(6-8-11)9(2)3/h9-11H,4-8H2,1-3H3,(H,13,14)/t10-,11-. The molecule has 0 spiro atoms. The molecule has 0 unspecified atom stereocenters. The van der Waals surface area contributed by atoms with Gasteiger partial charge in [-0.25, -0.2) is 0 Å². The van der Waals surface area contributed by atoms with Gasteiger partial charge in [-0.2, -0.15) is 0 Å². The number of nitrogens with one attached hydrogen (secondary N) is 1. The minimum Gasteiger partial charge on any atom is -0.353 e. The lowest BCUT2D eigenvalue weighted by atomic mass is 9.80. The van der Waals surface area contributed by atoms with E-state index < -0.39 is 0 Å². The molecule has 14 heavy (non-hydrogen) atoms. The SMILES string of the molecule is CCC(=O)N[C@H]1CC[C@H](C(C)C)CC1. The van der Waals surface area contributed by atoms with Crippen LogP contribution in [0.15, 0.2) is 0 Å². The molecule has 2 nitrogen and oxygen atoms in total. The first-order valence-corrected chi connectivity index (χ1v) is 5.92. The number of rotatable bonds is 3. The van der Waals surface area contributed by atoms with Crippen LogP contribution in [0.25, 0.3) is 0 Å². The van der Waals surface area contributed by atoms with E-state index in [4.69, 9.17) is 0 Å². The molecule has 1 saturated carbocycles. The molecule has 1 aliphatic carbocycles. The van der Waals surface area contributed by atoms with Gasteiger partial charge < -0.3 is 5.32 Å². The highest BCUT2D eigenvalue weighted by molar-refractivity contribution is 5.75. The van der Waals surface area contributed by atoms with Crippen LogP contribution in [0.5, 0.6) is 0 Å². The Labute approximate surface area is 87.5 Å². The van der Waals surface area contributed by atoms with E-state index in [-0.39, 0.29) is 5.91 Å². The lowest BCUT2D eigenvalue weighted by Gasteiger charge is -2.31. The van der Waals surface area contributed by atoms with Crippen LogP contribution >= 0.6 is 0 Å². The monoisotopic (exact) mass is 197 g/mol. The molecule has 1 N–H and O–H groups in total. The van der Waals surface area contributed by atoms with E-state index in [0.29, 0.717) is 12.5 Å². The molecular weight excluding hydrogens is 174 g/mol. The van der Waals surface area contributed by atoms with Crippen molar-refractivity contribution in [2.24, 2.45) is 11.8 Å². The van der Waals surface area contributed by atoms with Crippen molar-refractivity contribution in [2.45, 2.75) is 58.9 Å². The van der Waals surface area contributed by atoms with Crippen molar-refractivity contribution in [1.29, 1.82) is 0 Å². The van der Waals surface area contributed by atoms with Gasteiger partial charge in [-0.1, -0.05) is 20.8 Å². The second kappa shape index (κ2) is 5.38. The predicted molar refractivity (Wildman–Crippen MR) is 59.0 cm³/mol. The molecule has 0 bridgehead atoms. The molecule has 0 saturated heterocycles. The Morgan fingerprint density at radius 1 is 1.29 bits per heavy atom. The quantitative estimate of drug-likeness (QED) is 0.740. The van der Waals surface area contributed by atoms with Crippen LogP contribution in [0.3, 0.4) is 0 Å². The van der Waals surface area contributed by atoms with Crippen LogP contribution in [-0.2, 0) is 4.79 Å². The maximum absolute atomic E-state index is 11.2. The number of amides is 1. The molecule has 1 fully saturated rings. The zero-order valence-corrected chi connectivity index (χ0v) is 9.68. The molecule has 2 heteroatoms. The number of hydrogen-bond acceptors (Lipinski definition) is 1. The molecule has 82 valence electrons. The fraction of sp³-hybridized carbons (Fsp3) is 0.917. The Hall–Kier alpha value is -0.530. The fourth-order valence-electron chi connectivity index (χ4n) is 2.26. The highest BCUT2D eigenvalue weighted by Gasteiger charge is 2.23. The first kappa shape index (κ1) is 11.5. The highest BCUT2D eigenvalue weighted by Crippen LogP contribution is 2.29. The second-order valence-electron chi connectivity index (χ2n) is 4.78. The summed E-state index contributed by atoms with van der Waals surface area (Å²) in [6.07, 6.45) is 5.53. The molecule has 1 aliphatic rings. The van der Waals surface area contributed by atoms with E-state index in [0.717, 1.165) is 11.8 Å². The summed E-state index contributed by atoms with van der Waals surface area (Å²) in [5.41, 5.74) is 0. The third kappa shape index (κ3) is 3.32. The minimum absolute atomic E-state index is 0.206. The van der Waals surface area contributed by atoms with E-state index >= 15 is 0 Å². The summed E-state index contributed by atoms with van der Waals surface area (Å²) in [6.45, 7) is 6.51. The van der Waals surface area contributed by atoms with Gasteiger partial charge in [0.15, 0.2) is 0 Å². The minimum atomic E-state index is 0.206. The van der Waals surface area contributed by atoms with Gasteiger partial charge in [0, 0.05) is 12.5 Å². The van der Waals surface area contributed by atoms with Gasteiger partial charge in [-0.3, -0.25) is 4.79 Å². The Morgan fingerprint density at radius 3 is 2.29 bits per heavy atom. The van der Waals surface area contributed by atoms with E-state index in [1.54, 1.807) is 0 Å². The first-order valence-electron chi connectivity index (χ1n) is 5.92. The van der Waals surface area contributed by atoms with Crippen molar-refractivity contribution < 1.29 is 4.79 Å². The van der Waals surface area contributed by atoms with Gasteiger partial charge in [-0.05, 0) is 37.5 Å². The van der Waals surface area contributed by atoms with Crippen molar-refractivity contribution in [2.75, 3.05) is 0 Å². The van der Waals surface area contributed by atoms with Gasteiger partial charge in [0.05, 0.1) is 0 Å². The lowest BCUT2D eigenvalue weighted by molar-refractivity contribution is -0.121. The lowest BCUT2D eigenvalue weighted by Crippen LogP contribution is -2.37. The molecule has 0 aliphatic heterocycles. The number of carbonyl (C=O) groups excluding carboxylic acids is 1. The molecular formula is C12H23NO. The van der Waals surface area contributed by atoms with E-state index in [2.05, 4.69) is 19.2 Å². The smallest absolute Gasteiger partial charge is 0.219 e. The largest absolute Gasteiger partial charge is 0.353 e. The summed E-state index contributed by atoms with van der Waals surface area (Å²) < 4.78 is 0. The molecule has 1 rings (SSSR count). The van der Waals surface area contributed by atoms with Crippen LogP contribution < -0.4 is 5.32 Å². The summed E-state index contributed by atoms with van der Waals surface area (Å²) >= 11 is 0. The zero-order chi connectivity index (χ0) is 10.6. The van der Waals surface area contributed by atoms with Crippen LogP contribution in [0.1, 0.15) is 52.9 Å². The average molecular weight is 197 g/mol. The maximum atomic E-state index is 11.2. The van der Waals surface area contributed by atoms with Crippen molar-refractivity contribution >= 4 is 5.91 Å². The molecule has 0 radical (unpaired) electrons. The predicted octanol–water partition coefficient (Wildman–Crippen LogP) is 2.73. The highest BCUT2D eigenvalue weighted by atomic mass is 16.1. The fourth-order valence-corrected chi connectivity index (χ4v) is 2.26. The van der Waals surface area contributed by atoms with Gasteiger partial charge in [0.25, 0.3) is 0 Å². The molecule has 1 amide bonds. The summed E-state index contributed by atoms with van der Waals surface area (Å²) in [5.74, 6) is 1.89. The van der Waals surface area contributed by atoms with Crippen LogP contribution in [0.2, 0.25) is 0 Å². The molecule has 0 aromatic heterocycles. The Balaban J connectivity index is 2.25. The third-order valence-corrected chi connectivity index (χ3v) is 3.40. The van der Waals surface area contributed by atoms with Gasteiger partial charge >= 0.3 is 0 Å². The second-order valence-corrected chi connectivity index (χ2v) is 4.78. The van der Waals surface area contributed by atoms with Crippen molar-refractivity contribution in [3.63, 3.8) is 0 Å². The van der Waals surface area contributed by atoms with Crippen LogP contribution in [0, 0.1) is 11.8 Å². The summed E-state index contributed by atoms with van der Waals surface area (Å²) in [5, 5.41) is 3.09. The van der Waals surface area contributed by atoms with Gasteiger partial charge in [0.2, 0.25) is 5.91 Å². The maximum Gasteiger partial charge on any atom is 0.219 e. The van der Waals surface area contributed by atoms with Crippen LogP contribution in [-0.4, -0.2) is 11.9 Å². The normalized spacial score (nSPS) is 27.7. The van der Waals surface area contributed by atoms with E-state index in [9.17, 15) is 4.79 Å². The van der Waals surface area contributed by atoms with Gasteiger partial charge in [-0.15, -0.1) is 0 Å². The zero-order valence-electron chi connectivity index (χ0n) is 9.68.